The predicted octanol–water partition coefficient (Wildman–Crippen LogP) is 2.83. The van der Waals surface area contributed by atoms with E-state index in [0.29, 0.717) is 6.54 Å². The minimum atomic E-state index is 0.0692. The fraction of sp³-hybridized carbons (Fsp3) is 0.375. The molecule has 1 N–H and O–H groups in total. The predicted molar refractivity (Wildman–Crippen MR) is 80.1 cm³/mol. The summed E-state index contributed by atoms with van der Waals surface area (Å²) in [6.45, 7) is 5.39. The highest BCUT2D eigenvalue weighted by molar-refractivity contribution is 5.90. The molecule has 20 heavy (non-hydrogen) atoms. The lowest BCUT2D eigenvalue weighted by molar-refractivity contribution is -0.134. The van der Waals surface area contributed by atoms with Gasteiger partial charge in [-0.1, -0.05) is 19.9 Å². The van der Waals surface area contributed by atoms with E-state index >= 15 is 0 Å². The molecular formula is C16H19N3O. The van der Waals surface area contributed by atoms with Gasteiger partial charge in [0.15, 0.2) is 0 Å². The number of H-pyrrole nitrogens is 1. The van der Waals surface area contributed by atoms with Crippen molar-refractivity contribution in [2.24, 2.45) is 5.92 Å². The molecule has 0 unspecified atom stereocenters. The highest BCUT2D eigenvalue weighted by Gasteiger charge is 2.21. The molecule has 0 fully saturated rings. The second-order valence-corrected chi connectivity index (χ2v) is 5.52. The zero-order chi connectivity index (χ0) is 14.1. The molecule has 3 heterocycles. The molecule has 0 aromatic carbocycles. The van der Waals surface area contributed by atoms with Crippen LogP contribution in [-0.4, -0.2) is 33.9 Å². The van der Waals surface area contributed by atoms with Gasteiger partial charge < -0.3 is 9.88 Å². The lowest BCUT2D eigenvalue weighted by Gasteiger charge is -2.27. The number of carbonyl (C=O) groups excluding carboxylic acids is 1. The van der Waals surface area contributed by atoms with Crippen LogP contribution in [0.2, 0.25) is 0 Å². The molecule has 0 saturated heterocycles. The minimum Gasteiger partial charge on any atom is -0.359 e. The molecule has 0 radical (unpaired) electrons. The first-order chi connectivity index (χ1) is 9.66. The maximum absolute atomic E-state index is 12.0. The second kappa shape index (κ2) is 5.12. The number of rotatable bonds is 2. The number of nitrogens with one attached hydrogen (secondary N) is 1. The van der Waals surface area contributed by atoms with Gasteiger partial charge in [-0.15, -0.1) is 0 Å². The quantitative estimate of drug-likeness (QED) is 0.911. The highest BCUT2D eigenvalue weighted by Crippen LogP contribution is 2.28. The Balaban J connectivity index is 1.85. The summed E-state index contributed by atoms with van der Waals surface area (Å²) < 4.78 is 0. The van der Waals surface area contributed by atoms with Gasteiger partial charge in [-0.3, -0.25) is 9.78 Å². The van der Waals surface area contributed by atoms with E-state index in [0.717, 1.165) is 29.6 Å². The summed E-state index contributed by atoms with van der Waals surface area (Å²) in [5, 5.41) is 0. The van der Waals surface area contributed by atoms with E-state index in [-0.39, 0.29) is 11.8 Å². The topological polar surface area (TPSA) is 49.0 Å². The van der Waals surface area contributed by atoms with Gasteiger partial charge >= 0.3 is 0 Å². The van der Waals surface area contributed by atoms with E-state index in [4.69, 9.17) is 0 Å². The van der Waals surface area contributed by atoms with Gasteiger partial charge in [0, 0.05) is 37.0 Å². The average molecular weight is 269 g/mol. The zero-order valence-electron chi connectivity index (χ0n) is 11.9. The van der Waals surface area contributed by atoms with Crippen molar-refractivity contribution >= 4 is 22.5 Å². The van der Waals surface area contributed by atoms with Gasteiger partial charge in [0.2, 0.25) is 5.91 Å². The Hall–Kier alpha value is -2.10. The number of hydrogen-bond donors (Lipinski definition) is 1. The number of hydrogen-bond acceptors (Lipinski definition) is 2. The normalized spacial score (nSPS) is 15.8. The third kappa shape index (κ3) is 2.22. The van der Waals surface area contributed by atoms with Gasteiger partial charge in [0.25, 0.3) is 0 Å². The summed E-state index contributed by atoms with van der Waals surface area (Å²) in [5.74, 6) is 0.303. The molecule has 1 aliphatic rings. The van der Waals surface area contributed by atoms with Crippen LogP contribution in [0.5, 0.6) is 0 Å². The average Bonchev–Trinajstić information content (AvgIpc) is 2.90. The number of pyridine rings is 1. The highest BCUT2D eigenvalue weighted by atomic mass is 16.2. The van der Waals surface area contributed by atoms with E-state index in [1.165, 1.54) is 5.57 Å². The van der Waals surface area contributed by atoms with Crippen molar-refractivity contribution in [1.29, 1.82) is 0 Å². The maximum Gasteiger partial charge on any atom is 0.225 e. The molecule has 0 bridgehead atoms. The first kappa shape index (κ1) is 12.9. The summed E-state index contributed by atoms with van der Waals surface area (Å²) in [4.78, 5) is 21.6. The van der Waals surface area contributed by atoms with E-state index < -0.39 is 0 Å². The molecule has 0 saturated carbocycles. The largest absolute Gasteiger partial charge is 0.359 e. The molecule has 0 spiro atoms. The Bertz CT molecular complexity index is 669. The van der Waals surface area contributed by atoms with Crippen molar-refractivity contribution in [3.8, 4) is 0 Å². The molecule has 0 atom stereocenters. The smallest absolute Gasteiger partial charge is 0.225 e. The first-order valence-corrected chi connectivity index (χ1v) is 7.07. The van der Waals surface area contributed by atoms with Crippen LogP contribution in [0.4, 0.5) is 0 Å². The number of nitrogens with zero attached hydrogens (tertiary/aromatic N) is 2. The summed E-state index contributed by atoms with van der Waals surface area (Å²) in [6, 6.07) is 3.96. The van der Waals surface area contributed by atoms with E-state index in [9.17, 15) is 4.79 Å². The number of amides is 1. The summed E-state index contributed by atoms with van der Waals surface area (Å²) in [6.07, 6.45) is 6.88. The summed E-state index contributed by atoms with van der Waals surface area (Å²) in [5.41, 5.74) is 4.52. The Labute approximate surface area is 118 Å². The molecule has 2 aromatic heterocycles. The number of carbonyl (C=O) groups is 1. The van der Waals surface area contributed by atoms with Crippen LogP contribution < -0.4 is 0 Å². The number of aromatic amines is 1. The van der Waals surface area contributed by atoms with E-state index in [2.05, 4.69) is 16.0 Å². The van der Waals surface area contributed by atoms with E-state index in [1.54, 1.807) is 0 Å². The minimum absolute atomic E-state index is 0.0692. The fourth-order valence-electron chi connectivity index (χ4n) is 2.68. The van der Waals surface area contributed by atoms with Crippen LogP contribution in [0.1, 0.15) is 25.8 Å². The lowest BCUT2D eigenvalue weighted by Crippen LogP contribution is -2.37. The Morgan fingerprint density at radius 2 is 2.30 bits per heavy atom. The van der Waals surface area contributed by atoms with Crippen molar-refractivity contribution < 1.29 is 4.79 Å². The molecule has 2 aromatic rings. The molecule has 0 aliphatic carbocycles. The van der Waals surface area contributed by atoms with Crippen LogP contribution in [0.25, 0.3) is 16.6 Å². The standard InChI is InChI=1S/C16H19N3O/c1-11(2)16(20)19-8-5-12(6-9-19)13-10-18-14-4-3-7-17-15(13)14/h3-5,7,10-11,18H,6,8-9H2,1-2H3. The molecule has 4 nitrogen and oxygen atoms in total. The molecule has 3 rings (SSSR count). The molecule has 1 amide bonds. The fourth-order valence-corrected chi connectivity index (χ4v) is 2.68. The van der Waals surface area contributed by atoms with Gasteiger partial charge in [0.1, 0.15) is 0 Å². The van der Waals surface area contributed by atoms with Gasteiger partial charge in [-0.05, 0) is 24.1 Å². The maximum atomic E-state index is 12.0. The van der Waals surface area contributed by atoms with E-state index in [1.807, 2.05) is 43.3 Å². The molecule has 1 aliphatic heterocycles. The zero-order valence-corrected chi connectivity index (χ0v) is 11.9. The number of fused-ring (bicyclic) bond motifs is 1. The van der Waals surface area contributed by atoms with Gasteiger partial charge in [-0.2, -0.15) is 0 Å². The summed E-state index contributed by atoms with van der Waals surface area (Å²) in [7, 11) is 0. The molecule has 4 heteroatoms. The second-order valence-electron chi connectivity index (χ2n) is 5.52. The third-order valence-electron chi connectivity index (χ3n) is 3.80. The first-order valence-electron chi connectivity index (χ1n) is 7.07. The van der Waals surface area contributed by atoms with Gasteiger partial charge in [-0.25, -0.2) is 0 Å². The molecule has 104 valence electrons. The van der Waals surface area contributed by atoms with Crippen molar-refractivity contribution in [3.05, 3.63) is 36.2 Å². The Morgan fingerprint density at radius 1 is 1.45 bits per heavy atom. The van der Waals surface area contributed by atoms with Crippen LogP contribution in [0.15, 0.2) is 30.6 Å². The van der Waals surface area contributed by atoms with Crippen LogP contribution >= 0.6 is 0 Å². The van der Waals surface area contributed by atoms with Crippen LogP contribution in [0, 0.1) is 5.92 Å². The third-order valence-corrected chi connectivity index (χ3v) is 3.80. The monoisotopic (exact) mass is 269 g/mol. The van der Waals surface area contributed by atoms with Crippen molar-refractivity contribution in [2.45, 2.75) is 20.3 Å². The van der Waals surface area contributed by atoms with Crippen molar-refractivity contribution in [1.82, 2.24) is 14.9 Å². The summed E-state index contributed by atoms with van der Waals surface area (Å²) >= 11 is 0. The lowest BCUT2D eigenvalue weighted by atomic mass is 10.00. The Kier molecular flexibility index (Phi) is 3.30. The van der Waals surface area contributed by atoms with Crippen LogP contribution in [0.3, 0.4) is 0 Å². The number of aromatic nitrogens is 2. The SMILES string of the molecule is CC(C)C(=O)N1CC=C(c2c[nH]c3cccnc23)CC1. The Morgan fingerprint density at radius 3 is 3.00 bits per heavy atom. The molecular weight excluding hydrogens is 250 g/mol. The van der Waals surface area contributed by atoms with Crippen molar-refractivity contribution in [2.75, 3.05) is 13.1 Å². The van der Waals surface area contributed by atoms with Gasteiger partial charge in [0.05, 0.1) is 11.0 Å². The van der Waals surface area contributed by atoms with Crippen LogP contribution in [-0.2, 0) is 4.79 Å². The van der Waals surface area contributed by atoms with Crippen molar-refractivity contribution in [3.63, 3.8) is 0 Å².